The summed E-state index contributed by atoms with van der Waals surface area (Å²) in [6.45, 7) is 0. The van der Waals surface area contributed by atoms with Gasteiger partial charge in [0.2, 0.25) is 0 Å². The van der Waals surface area contributed by atoms with Gasteiger partial charge < -0.3 is 31.3 Å². The van der Waals surface area contributed by atoms with Crippen LogP contribution in [-0.2, 0) is 20.8 Å². The Labute approximate surface area is 125 Å². The second-order valence-electron chi connectivity index (χ2n) is 4.20. The molecule has 22 heavy (non-hydrogen) atoms. The van der Waals surface area contributed by atoms with E-state index in [-0.39, 0.29) is 0 Å². The number of carboxylic acid groups (broad SMARTS) is 3. The van der Waals surface area contributed by atoms with Gasteiger partial charge in [0.1, 0.15) is 6.04 Å². The first-order valence-corrected chi connectivity index (χ1v) is 6.00. The predicted octanol–water partition coefficient (Wildman–Crippen LogP) is -1.48. The Kier molecular flexibility index (Phi) is 8.38. The molecule has 7 N–H and O–H groups in total. The van der Waals surface area contributed by atoms with E-state index >= 15 is 0 Å². The average molecular weight is 315 g/mol. The number of aliphatic carboxylic acids is 3. The molecule has 1 rings (SSSR count). The van der Waals surface area contributed by atoms with Gasteiger partial charge in [0, 0.05) is 0 Å². The molecule has 0 amide bonds. The summed E-state index contributed by atoms with van der Waals surface area (Å²) in [7, 11) is 0. The van der Waals surface area contributed by atoms with Crippen molar-refractivity contribution in [2.24, 2.45) is 5.73 Å². The Morgan fingerprint density at radius 2 is 1.27 bits per heavy atom. The zero-order valence-corrected chi connectivity index (χ0v) is 11.4. The van der Waals surface area contributed by atoms with E-state index < -0.39 is 36.2 Å². The van der Waals surface area contributed by atoms with Crippen molar-refractivity contribution in [1.82, 2.24) is 0 Å². The Morgan fingerprint density at radius 1 is 0.864 bits per heavy atom. The van der Waals surface area contributed by atoms with E-state index in [0.717, 1.165) is 5.56 Å². The Hall–Kier alpha value is -2.49. The molecule has 0 radical (unpaired) electrons. The summed E-state index contributed by atoms with van der Waals surface area (Å²) < 4.78 is 0. The standard InChI is InChI=1S/C9H11NO2.C4H6O6/c10-8(9(11)12)6-7-4-2-1-3-5-7;5-1(3(7)8)2(6)4(9)10/h1-5,8H,6,10H2,(H,11,12);1-2,5-6H,(H,7,8)(H,9,10). The minimum Gasteiger partial charge on any atom is -0.480 e. The number of aliphatic hydroxyl groups is 2. The summed E-state index contributed by atoms with van der Waals surface area (Å²) in [5.74, 6) is -4.50. The molecule has 0 fully saturated rings. The van der Waals surface area contributed by atoms with Crippen LogP contribution in [0.3, 0.4) is 0 Å². The highest BCUT2D eigenvalue weighted by molar-refractivity contribution is 5.83. The summed E-state index contributed by atoms with van der Waals surface area (Å²) in [6, 6.07) is 8.54. The van der Waals surface area contributed by atoms with Crippen molar-refractivity contribution in [3.63, 3.8) is 0 Å². The lowest BCUT2D eigenvalue weighted by Crippen LogP contribution is -2.39. The molecule has 0 saturated carbocycles. The van der Waals surface area contributed by atoms with Crippen LogP contribution < -0.4 is 5.73 Å². The van der Waals surface area contributed by atoms with E-state index in [4.69, 9.17) is 31.3 Å². The molecular formula is C13H17NO8. The molecule has 0 aliphatic rings. The van der Waals surface area contributed by atoms with Gasteiger partial charge in [0.05, 0.1) is 0 Å². The molecule has 0 aliphatic carbocycles. The molecule has 122 valence electrons. The van der Waals surface area contributed by atoms with Crippen molar-refractivity contribution < 1.29 is 39.9 Å². The zero-order valence-electron chi connectivity index (χ0n) is 11.4. The first kappa shape index (κ1) is 19.5. The monoisotopic (exact) mass is 315 g/mol. The normalized spacial score (nSPS) is 14.0. The van der Waals surface area contributed by atoms with E-state index in [9.17, 15) is 14.4 Å². The third-order valence-corrected chi connectivity index (χ3v) is 2.42. The van der Waals surface area contributed by atoms with Gasteiger partial charge in [-0.05, 0) is 12.0 Å². The lowest BCUT2D eigenvalue weighted by molar-refractivity contribution is -0.165. The number of rotatable bonds is 6. The molecule has 0 heterocycles. The first-order chi connectivity index (χ1) is 10.2. The highest BCUT2D eigenvalue weighted by atomic mass is 16.4. The molecule has 3 unspecified atom stereocenters. The maximum absolute atomic E-state index is 10.4. The lowest BCUT2D eigenvalue weighted by Gasteiger charge is -2.07. The number of nitrogens with two attached hydrogens (primary N) is 1. The van der Waals surface area contributed by atoms with Crippen LogP contribution in [0, 0.1) is 0 Å². The van der Waals surface area contributed by atoms with Gasteiger partial charge >= 0.3 is 17.9 Å². The Balaban J connectivity index is 0.000000409. The van der Waals surface area contributed by atoms with Crippen LogP contribution in [0.5, 0.6) is 0 Å². The maximum Gasteiger partial charge on any atom is 0.335 e. The van der Waals surface area contributed by atoms with Crippen molar-refractivity contribution in [3.05, 3.63) is 35.9 Å². The number of benzene rings is 1. The molecule has 9 nitrogen and oxygen atoms in total. The number of carbonyl (C=O) groups is 3. The molecule has 1 aromatic rings. The summed E-state index contributed by atoms with van der Waals surface area (Å²) in [6.07, 6.45) is -4.15. The summed E-state index contributed by atoms with van der Waals surface area (Å²) in [4.78, 5) is 29.9. The summed E-state index contributed by atoms with van der Waals surface area (Å²) in [5, 5.41) is 41.0. The van der Waals surface area contributed by atoms with Gasteiger partial charge in [0.25, 0.3) is 0 Å². The fourth-order valence-corrected chi connectivity index (χ4v) is 1.23. The topological polar surface area (TPSA) is 178 Å². The van der Waals surface area contributed by atoms with E-state index in [1.165, 1.54) is 0 Å². The summed E-state index contributed by atoms with van der Waals surface area (Å²) in [5.41, 5.74) is 6.30. The fraction of sp³-hybridized carbons (Fsp3) is 0.308. The van der Waals surface area contributed by atoms with Crippen molar-refractivity contribution in [3.8, 4) is 0 Å². The lowest BCUT2D eigenvalue weighted by atomic mass is 10.1. The average Bonchev–Trinajstić information content (AvgIpc) is 2.47. The largest absolute Gasteiger partial charge is 0.480 e. The van der Waals surface area contributed by atoms with Crippen LogP contribution in [0.25, 0.3) is 0 Å². The molecule has 0 aliphatic heterocycles. The highest BCUT2D eigenvalue weighted by Crippen LogP contribution is 2.01. The van der Waals surface area contributed by atoms with Crippen LogP contribution in [0.15, 0.2) is 30.3 Å². The molecule has 0 spiro atoms. The SMILES string of the molecule is NC(Cc1ccccc1)C(=O)O.O=C(O)C(O)C(O)C(=O)O. The molecule has 9 heteroatoms. The smallest absolute Gasteiger partial charge is 0.335 e. The van der Waals surface area contributed by atoms with Gasteiger partial charge in [-0.1, -0.05) is 30.3 Å². The molecular weight excluding hydrogens is 298 g/mol. The fourth-order valence-electron chi connectivity index (χ4n) is 1.23. The van der Waals surface area contributed by atoms with Crippen LogP contribution >= 0.6 is 0 Å². The van der Waals surface area contributed by atoms with Gasteiger partial charge in [-0.2, -0.15) is 0 Å². The van der Waals surface area contributed by atoms with E-state index in [1.807, 2.05) is 30.3 Å². The molecule has 1 aromatic carbocycles. The molecule has 3 atom stereocenters. The number of hydrogen-bond donors (Lipinski definition) is 6. The predicted molar refractivity (Wildman–Crippen MR) is 73.0 cm³/mol. The Morgan fingerprint density at radius 3 is 1.59 bits per heavy atom. The van der Waals surface area contributed by atoms with Gasteiger partial charge in [-0.25, -0.2) is 9.59 Å². The van der Waals surface area contributed by atoms with Crippen molar-refractivity contribution in [2.45, 2.75) is 24.7 Å². The molecule has 0 bridgehead atoms. The number of carboxylic acids is 3. The van der Waals surface area contributed by atoms with Crippen LogP contribution in [0.2, 0.25) is 0 Å². The zero-order chi connectivity index (χ0) is 17.3. The van der Waals surface area contributed by atoms with Crippen LogP contribution in [0.1, 0.15) is 5.56 Å². The minimum atomic E-state index is -2.27. The molecule has 0 aromatic heterocycles. The highest BCUT2D eigenvalue weighted by Gasteiger charge is 2.29. The molecule has 0 saturated heterocycles. The van der Waals surface area contributed by atoms with E-state index in [2.05, 4.69) is 0 Å². The van der Waals surface area contributed by atoms with Crippen molar-refractivity contribution in [1.29, 1.82) is 0 Å². The second-order valence-corrected chi connectivity index (χ2v) is 4.20. The number of aliphatic hydroxyl groups excluding tert-OH is 2. The van der Waals surface area contributed by atoms with Crippen LogP contribution in [-0.4, -0.2) is 61.7 Å². The quantitative estimate of drug-likeness (QED) is 0.365. The first-order valence-electron chi connectivity index (χ1n) is 6.00. The third kappa shape index (κ3) is 7.33. The second kappa shape index (κ2) is 9.45. The maximum atomic E-state index is 10.4. The minimum absolute atomic E-state index is 0.385. The van der Waals surface area contributed by atoms with Gasteiger partial charge in [-0.3, -0.25) is 4.79 Å². The van der Waals surface area contributed by atoms with Gasteiger partial charge in [-0.15, -0.1) is 0 Å². The summed E-state index contributed by atoms with van der Waals surface area (Å²) >= 11 is 0. The third-order valence-electron chi connectivity index (χ3n) is 2.42. The van der Waals surface area contributed by atoms with Crippen molar-refractivity contribution in [2.75, 3.05) is 0 Å². The van der Waals surface area contributed by atoms with E-state index in [0.29, 0.717) is 6.42 Å². The van der Waals surface area contributed by atoms with Crippen molar-refractivity contribution >= 4 is 17.9 Å². The Bertz CT molecular complexity index is 486. The number of hydrogen-bond acceptors (Lipinski definition) is 6. The van der Waals surface area contributed by atoms with Gasteiger partial charge in [0.15, 0.2) is 12.2 Å². The van der Waals surface area contributed by atoms with E-state index in [1.54, 1.807) is 0 Å². The van der Waals surface area contributed by atoms with Crippen LogP contribution in [0.4, 0.5) is 0 Å².